The van der Waals surface area contributed by atoms with Crippen molar-refractivity contribution in [1.82, 2.24) is 0 Å². The fourth-order valence-corrected chi connectivity index (χ4v) is 4.98. The molecule has 0 bridgehead atoms. The molecule has 0 aliphatic heterocycles. The molecule has 13 heteroatoms. The van der Waals surface area contributed by atoms with Crippen molar-refractivity contribution < 1.29 is 57.2 Å². The Morgan fingerprint density at radius 1 is 1.08 bits per heavy atom. The van der Waals surface area contributed by atoms with Gasteiger partial charge in [0, 0.05) is 22.0 Å². The van der Waals surface area contributed by atoms with Crippen LogP contribution in [-0.2, 0) is 16.5 Å². The second-order valence-corrected chi connectivity index (χ2v) is 10.3. The summed E-state index contributed by atoms with van der Waals surface area (Å²) in [6, 6.07) is 15.6. The number of carbonyl (C=O) groups excluding carboxylic acids is 1. The number of azo groups is 1. The topological polar surface area (TPSA) is 140 Å². The second-order valence-electron chi connectivity index (χ2n) is 8.08. The maximum atomic E-state index is 13.4. The van der Waals surface area contributed by atoms with Crippen LogP contribution in [0.5, 0.6) is 11.5 Å². The predicted molar refractivity (Wildman–Crippen MR) is 144 cm³/mol. The van der Waals surface area contributed by atoms with E-state index in [0.717, 1.165) is 0 Å². The van der Waals surface area contributed by atoms with Crippen LogP contribution in [0.15, 0.2) is 75.8 Å². The first-order chi connectivity index (χ1) is 18.0. The van der Waals surface area contributed by atoms with Crippen molar-refractivity contribution in [2.75, 3.05) is 12.4 Å². The molecule has 9 nitrogen and oxygen atoms in total. The molecule has 0 spiro atoms. The van der Waals surface area contributed by atoms with E-state index in [9.17, 15) is 22.9 Å². The maximum Gasteiger partial charge on any atom is 1.00 e. The van der Waals surface area contributed by atoms with Crippen LogP contribution in [0.25, 0.3) is 10.8 Å². The summed E-state index contributed by atoms with van der Waals surface area (Å²) >= 11 is 12.2. The number of fused-ring (bicyclic) bond motifs is 1. The summed E-state index contributed by atoms with van der Waals surface area (Å²) in [4.78, 5) is 12.6. The summed E-state index contributed by atoms with van der Waals surface area (Å²) in [6.45, 7) is 1.78. The molecule has 4 aromatic rings. The summed E-state index contributed by atoms with van der Waals surface area (Å²) in [5.74, 6) is -1.12. The number of carbonyl (C=O) groups is 1. The SMILES string of the molecule is CCc1cc(N=Nc2c([O-])c(C(=O)Nc3ccc(Cl)cc3OC)cc3ccccc23)c(Cl)c(S(=O)(=O)O)c1.[Na+]. The number of amides is 1. The number of hydrogen-bond donors (Lipinski definition) is 2. The molecule has 0 aliphatic rings. The van der Waals surface area contributed by atoms with Crippen molar-refractivity contribution in [2.45, 2.75) is 18.2 Å². The Balaban J connectivity index is 0.00000420. The van der Waals surface area contributed by atoms with Crippen LogP contribution in [-0.4, -0.2) is 26.0 Å². The molecular weight excluding hydrogens is 576 g/mol. The zero-order valence-electron chi connectivity index (χ0n) is 21.0. The number of nitrogens with zero attached hydrogens (tertiary/aromatic N) is 2. The minimum atomic E-state index is -4.64. The molecule has 0 aliphatic carbocycles. The third-order valence-corrected chi connectivity index (χ3v) is 7.28. The van der Waals surface area contributed by atoms with Crippen LogP contribution < -0.4 is 44.7 Å². The van der Waals surface area contributed by atoms with Gasteiger partial charge in [-0.1, -0.05) is 60.1 Å². The smallest absolute Gasteiger partial charge is 0.870 e. The molecule has 4 rings (SSSR count). The van der Waals surface area contributed by atoms with Gasteiger partial charge >= 0.3 is 29.6 Å². The van der Waals surface area contributed by atoms with E-state index in [0.29, 0.717) is 39.2 Å². The third-order valence-electron chi connectivity index (χ3n) is 5.66. The number of anilines is 1. The third kappa shape index (κ3) is 6.72. The summed E-state index contributed by atoms with van der Waals surface area (Å²) in [6.07, 6.45) is 0.418. The van der Waals surface area contributed by atoms with E-state index in [1.54, 1.807) is 43.3 Å². The Labute approximate surface area is 256 Å². The van der Waals surface area contributed by atoms with E-state index < -0.39 is 26.7 Å². The van der Waals surface area contributed by atoms with E-state index in [1.165, 1.54) is 31.4 Å². The van der Waals surface area contributed by atoms with Crippen molar-refractivity contribution in [3.8, 4) is 11.5 Å². The van der Waals surface area contributed by atoms with E-state index in [4.69, 9.17) is 27.9 Å². The Hall–Kier alpha value is -2.70. The maximum absolute atomic E-state index is 13.4. The number of aryl methyl sites for hydroxylation is 1. The molecule has 196 valence electrons. The number of hydrogen-bond acceptors (Lipinski definition) is 7. The standard InChI is InChI=1S/C26H21Cl2N3O6S.Na/c1-3-14-10-20(23(28)22(11-14)38(34,35)36)30-31-24-17-7-5-4-6-15(17)12-18(25(24)32)26(33)29-19-9-8-16(27)13-21(19)37-2;/h4-13,32H,3H2,1-2H3,(H,29,33)(H,34,35,36);/q;+1/p-1. The second kappa shape index (κ2) is 12.6. The van der Waals surface area contributed by atoms with E-state index in [1.807, 2.05) is 0 Å². The molecular formula is C26H20Cl2N3NaO6S. The first-order valence-electron chi connectivity index (χ1n) is 11.1. The molecule has 2 N–H and O–H groups in total. The Morgan fingerprint density at radius 3 is 2.46 bits per heavy atom. The molecule has 0 fully saturated rings. The van der Waals surface area contributed by atoms with Crippen LogP contribution in [0.3, 0.4) is 0 Å². The minimum absolute atomic E-state index is 0. The molecule has 0 saturated carbocycles. The molecule has 0 aromatic heterocycles. The van der Waals surface area contributed by atoms with Gasteiger partial charge in [-0.05, 0) is 47.7 Å². The average molecular weight is 596 g/mol. The number of benzene rings is 4. The van der Waals surface area contributed by atoms with Gasteiger partial charge in [-0.15, -0.1) is 5.11 Å². The Morgan fingerprint density at radius 2 is 1.79 bits per heavy atom. The van der Waals surface area contributed by atoms with Gasteiger partial charge < -0.3 is 15.2 Å². The van der Waals surface area contributed by atoms with Crippen molar-refractivity contribution in [1.29, 1.82) is 0 Å². The molecule has 0 unspecified atom stereocenters. The normalized spacial score (nSPS) is 11.4. The van der Waals surface area contributed by atoms with Crippen LogP contribution >= 0.6 is 23.2 Å². The molecule has 4 aromatic carbocycles. The van der Waals surface area contributed by atoms with E-state index >= 15 is 0 Å². The van der Waals surface area contributed by atoms with Crippen molar-refractivity contribution in [3.63, 3.8) is 0 Å². The molecule has 39 heavy (non-hydrogen) atoms. The molecule has 0 saturated heterocycles. The van der Waals surface area contributed by atoms with Crippen molar-refractivity contribution in [3.05, 3.63) is 81.8 Å². The fraction of sp³-hybridized carbons (Fsp3) is 0.115. The monoisotopic (exact) mass is 595 g/mol. The number of rotatable bonds is 7. The summed E-state index contributed by atoms with van der Waals surface area (Å²) in [5.41, 5.74) is 0.402. The van der Waals surface area contributed by atoms with Crippen LogP contribution in [0.4, 0.5) is 17.1 Å². The first kappa shape index (κ1) is 30.8. The Kier molecular flexibility index (Phi) is 10.0. The van der Waals surface area contributed by atoms with E-state index in [2.05, 4.69) is 15.5 Å². The van der Waals surface area contributed by atoms with Gasteiger partial charge in [0.2, 0.25) is 0 Å². The summed E-state index contributed by atoms with van der Waals surface area (Å²) < 4.78 is 38.4. The van der Waals surface area contributed by atoms with Crippen LogP contribution in [0, 0.1) is 0 Å². The Bertz CT molecular complexity index is 1710. The zero-order chi connectivity index (χ0) is 27.6. The van der Waals surface area contributed by atoms with Gasteiger partial charge in [0.05, 0.1) is 23.5 Å². The van der Waals surface area contributed by atoms with Gasteiger partial charge in [0.15, 0.2) is 0 Å². The van der Waals surface area contributed by atoms with Crippen molar-refractivity contribution >= 4 is 67.1 Å². The first-order valence-corrected chi connectivity index (χ1v) is 13.3. The van der Waals surface area contributed by atoms with Gasteiger partial charge in [0.1, 0.15) is 16.3 Å². The van der Waals surface area contributed by atoms with Crippen LogP contribution in [0.1, 0.15) is 22.8 Å². The van der Waals surface area contributed by atoms with E-state index in [-0.39, 0.29) is 51.5 Å². The van der Waals surface area contributed by atoms with Crippen molar-refractivity contribution in [2.24, 2.45) is 10.2 Å². The molecule has 0 atom stereocenters. The number of nitrogens with one attached hydrogen (secondary N) is 1. The molecule has 0 heterocycles. The number of halogens is 2. The van der Waals surface area contributed by atoms with Gasteiger partial charge in [-0.3, -0.25) is 9.35 Å². The average Bonchev–Trinajstić information content (AvgIpc) is 2.88. The minimum Gasteiger partial charge on any atom is -0.870 e. The number of methoxy groups -OCH3 is 1. The fourth-order valence-electron chi connectivity index (χ4n) is 3.74. The van der Waals surface area contributed by atoms with Gasteiger partial charge in [0.25, 0.3) is 16.0 Å². The van der Waals surface area contributed by atoms with Crippen LogP contribution in [0.2, 0.25) is 10.0 Å². The molecule has 1 amide bonds. The summed E-state index contributed by atoms with van der Waals surface area (Å²) in [7, 11) is -3.22. The largest absolute Gasteiger partial charge is 1.00 e. The predicted octanol–water partition coefficient (Wildman–Crippen LogP) is 3.71. The number of ether oxygens (including phenoxy) is 1. The molecule has 0 radical (unpaired) electrons. The van der Waals surface area contributed by atoms with Gasteiger partial charge in [-0.25, -0.2) is 0 Å². The zero-order valence-corrected chi connectivity index (χ0v) is 25.4. The van der Waals surface area contributed by atoms with Gasteiger partial charge in [-0.2, -0.15) is 13.5 Å². The summed E-state index contributed by atoms with van der Waals surface area (Å²) in [5, 5.41) is 25.2. The quantitative estimate of drug-likeness (QED) is 0.189.